The van der Waals surface area contributed by atoms with Crippen molar-refractivity contribution >= 4 is 0 Å². The van der Waals surface area contributed by atoms with E-state index in [0.29, 0.717) is 29.2 Å². The van der Waals surface area contributed by atoms with Gasteiger partial charge in [-0.15, -0.1) is 5.10 Å². The van der Waals surface area contributed by atoms with Gasteiger partial charge in [-0.25, -0.2) is 9.67 Å². The second-order valence-corrected chi connectivity index (χ2v) is 7.38. The van der Waals surface area contributed by atoms with E-state index in [1.165, 1.54) is 23.1 Å². The highest BCUT2D eigenvalue weighted by Gasteiger charge is 2.30. The maximum absolute atomic E-state index is 12.8. The van der Waals surface area contributed by atoms with Crippen molar-refractivity contribution < 1.29 is 22.4 Å². The fraction of sp³-hybridized carbons (Fsp3) is 0.190. The molecular weight excluding hydrogens is 467 g/mol. The Labute approximate surface area is 195 Å². The van der Waals surface area contributed by atoms with Crippen molar-refractivity contribution in [1.29, 1.82) is 0 Å². The van der Waals surface area contributed by atoms with Crippen LogP contribution in [-0.4, -0.2) is 45.1 Å². The van der Waals surface area contributed by atoms with Gasteiger partial charge in [0.25, 0.3) is 5.89 Å². The summed E-state index contributed by atoms with van der Waals surface area (Å²) in [5.41, 5.74) is 1.58. The van der Waals surface area contributed by atoms with E-state index in [4.69, 9.17) is 9.26 Å². The summed E-state index contributed by atoms with van der Waals surface area (Å²) in [4.78, 5) is 8.96. The van der Waals surface area contributed by atoms with Gasteiger partial charge in [0, 0.05) is 7.05 Å². The third kappa shape index (κ3) is 4.85. The highest BCUT2D eigenvalue weighted by atomic mass is 19.4. The molecular formula is C21H16F3N9O2. The highest BCUT2D eigenvalue weighted by Crippen LogP contribution is 2.31. The Morgan fingerprint density at radius 3 is 2.63 bits per heavy atom. The number of aromatic nitrogens is 9. The average Bonchev–Trinajstić information content (AvgIpc) is 3.59. The second kappa shape index (κ2) is 8.96. The molecule has 1 aromatic carbocycles. The van der Waals surface area contributed by atoms with Gasteiger partial charge in [0.2, 0.25) is 5.82 Å². The number of aryl methyl sites for hydroxylation is 1. The number of tetrazole rings is 1. The maximum atomic E-state index is 12.8. The smallest absolute Gasteiger partial charge is 0.416 e. The van der Waals surface area contributed by atoms with E-state index in [-0.39, 0.29) is 24.1 Å². The van der Waals surface area contributed by atoms with Crippen LogP contribution >= 0.6 is 0 Å². The lowest BCUT2D eigenvalue weighted by Crippen LogP contribution is -2.06. The van der Waals surface area contributed by atoms with Crippen LogP contribution in [0.1, 0.15) is 17.0 Å². The number of pyridine rings is 1. The molecule has 0 fully saturated rings. The molecule has 14 heteroatoms. The minimum Gasteiger partial charge on any atom is -0.487 e. The van der Waals surface area contributed by atoms with Crippen LogP contribution in [0.3, 0.4) is 0 Å². The van der Waals surface area contributed by atoms with Crippen molar-refractivity contribution in [2.75, 3.05) is 0 Å². The van der Waals surface area contributed by atoms with Crippen LogP contribution in [0.2, 0.25) is 0 Å². The predicted octanol–water partition coefficient (Wildman–Crippen LogP) is 3.16. The molecule has 0 saturated heterocycles. The Kier molecular flexibility index (Phi) is 5.68. The van der Waals surface area contributed by atoms with Gasteiger partial charge in [0.1, 0.15) is 24.4 Å². The van der Waals surface area contributed by atoms with Crippen molar-refractivity contribution in [3.63, 3.8) is 0 Å². The molecule has 0 aliphatic carbocycles. The van der Waals surface area contributed by atoms with Gasteiger partial charge in [-0.05, 0) is 46.8 Å². The van der Waals surface area contributed by atoms with Crippen molar-refractivity contribution in [2.24, 2.45) is 7.05 Å². The summed E-state index contributed by atoms with van der Waals surface area (Å²) in [5, 5.41) is 19.2. The molecule has 5 aromatic rings. The molecule has 0 bridgehead atoms. The molecule has 11 nitrogen and oxygen atoms in total. The number of ether oxygens (including phenoxy) is 1. The molecule has 4 heterocycles. The van der Waals surface area contributed by atoms with E-state index >= 15 is 0 Å². The summed E-state index contributed by atoms with van der Waals surface area (Å²) in [6.07, 6.45) is -1.38. The van der Waals surface area contributed by atoms with Crippen LogP contribution in [-0.2, 0) is 26.4 Å². The molecule has 0 aliphatic heterocycles. The van der Waals surface area contributed by atoms with Gasteiger partial charge in [0.05, 0.1) is 35.3 Å². The zero-order valence-corrected chi connectivity index (χ0v) is 18.1. The van der Waals surface area contributed by atoms with Crippen molar-refractivity contribution in [3.05, 3.63) is 71.9 Å². The van der Waals surface area contributed by atoms with E-state index in [1.807, 2.05) is 12.1 Å². The lowest BCUT2D eigenvalue weighted by Gasteiger charge is -2.10. The molecule has 0 aliphatic rings. The van der Waals surface area contributed by atoms with Gasteiger partial charge in [0.15, 0.2) is 0 Å². The summed E-state index contributed by atoms with van der Waals surface area (Å²) in [7, 11) is 1.70. The molecule has 0 radical (unpaired) electrons. The first kappa shape index (κ1) is 22.2. The van der Waals surface area contributed by atoms with Crippen molar-refractivity contribution in [2.45, 2.75) is 19.3 Å². The van der Waals surface area contributed by atoms with E-state index in [1.54, 1.807) is 24.0 Å². The number of nitrogens with zero attached hydrogens (tertiary/aromatic N) is 9. The molecule has 0 atom stereocenters. The van der Waals surface area contributed by atoms with Crippen molar-refractivity contribution in [1.82, 2.24) is 45.1 Å². The molecule has 0 amide bonds. The highest BCUT2D eigenvalue weighted by molar-refractivity contribution is 5.59. The third-order valence-corrected chi connectivity index (χ3v) is 5.03. The monoisotopic (exact) mass is 483 g/mol. The fourth-order valence-corrected chi connectivity index (χ4v) is 3.25. The Balaban J connectivity index is 1.33. The zero-order chi connectivity index (χ0) is 24.4. The molecule has 5 rings (SSSR count). The Morgan fingerprint density at radius 2 is 1.89 bits per heavy atom. The van der Waals surface area contributed by atoms with Crippen LogP contribution in [0.25, 0.3) is 23.0 Å². The Bertz CT molecular complexity index is 1430. The van der Waals surface area contributed by atoms with Gasteiger partial charge in [-0.3, -0.25) is 4.68 Å². The van der Waals surface area contributed by atoms with Gasteiger partial charge in [-0.1, -0.05) is 11.2 Å². The zero-order valence-electron chi connectivity index (χ0n) is 18.1. The van der Waals surface area contributed by atoms with Crippen molar-refractivity contribution in [3.8, 4) is 28.7 Å². The fourth-order valence-electron chi connectivity index (χ4n) is 3.25. The SMILES string of the molecule is Cn1ncc(-c2nc(-c3cccc(Cn4cnnn4)n3)no2)c1COc1ccc(C(F)(F)F)cc1. The number of hydrogen-bond acceptors (Lipinski definition) is 9. The lowest BCUT2D eigenvalue weighted by molar-refractivity contribution is -0.137. The Hall–Kier alpha value is -4.62. The van der Waals surface area contributed by atoms with Gasteiger partial charge in [-0.2, -0.15) is 23.3 Å². The number of benzene rings is 1. The normalized spacial score (nSPS) is 11.7. The summed E-state index contributed by atoms with van der Waals surface area (Å²) in [6.45, 7) is 0.397. The topological polar surface area (TPSA) is 122 Å². The molecule has 4 aromatic heterocycles. The van der Waals surface area contributed by atoms with Crippen LogP contribution in [0.15, 0.2) is 59.5 Å². The maximum Gasteiger partial charge on any atom is 0.416 e. The Morgan fingerprint density at radius 1 is 1.06 bits per heavy atom. The molecule has 178 valence electrons. The van der Waals surface area contributed by atoms with Crippen LogP contribution in [0.5, 0.6) is 5.75 Å². The first-order valence-corrected chi connectivity index (χ1v) is 10.2. The second-order valence-electron chi connectivity index (χ2n) is 7.38. The number of rotatable bonds is 7. The first-order chi connectivity index (χ1) is 16.9. The minimum atomic E-state index is -4.41. The lowest BCUT2D eigenvalue weighted by atomic mass is 10.2. The third-order valence-electron chi connectivity index (χ3n) is 5.03. The summed E-state index contributed by atoms with van der Waals surface area (Å²) in [5.74, 6) is 0.754. The quantitative estimate of drug-likeness (QED) is 0.343. The van der Waals surface area contributed by atoms with Crippen LogP contribution in [0, 0.1) is 0 Å². The molecule has 0 saturated carbocycles. The summed E-state index contributed by atoms with van der Waals surface area (Å²) >= 11 is 0. The molecule has 35 heavy (non-hydrogen) atoms. The van der Waals surface area contributed by atoms with Crippen LogP contribution in [0.4, 0.5) is 13.2 Å². The van der Waals surface area contributed by atoms with E-state index in [2.05, 4.69) is 35.7 Å². The van der Waals surface area contributed by atoms with Crippen LogP contribution < -0.4 is 4.74 Å². The molecule has 0 unspecified atom stereocenters. The van der Waals surface area contributed by atoms with E-state index in [0.717, 1.165) is 12.1 Å². The largest absolute Gasteiger partial charge is 0.487 e. The van der Waals surface area contributed by atoms with E-state index in [9.17, 15) is 13.2 Å². The average molecular weight is 483 g/mol. The van der Waals surface area contributed by atoms with Gasteiger partial charge < -0.3 is 9.26 Å². The molecule has 0 spiro atoms. The summed E-state index contributed by atoms with van der Waals surface area (Å²) in [6, 6.07) is 9.83. The predicted molar refractivity (Wildman–Crippen MR) is 112 cm³/mol. The van der Waals surface area contributed by atoms with E-state index < -0.39 is 11.7 Å². The number of hydrogen-bond donors (Lipinski definition) is 0. The standard InChI is InChI=1S/C21H16F3N9O2/c1-32-18(11-34-15-7-5-13(6-8-15)21(22,23)24)16(9-26-32)20-28-19(29-35-20)17-4-2-3-14(27-17)10-33-12-25-30-31-33/h2-9,12H,10-11H2,1H3. The van der Waals surface area contributed by atoms with Gasteiger partial charge >= 0.3 is 6.18 Å². The summed E-state index contributed by atoms with van der Waals surface area (Å²) < 4.78 is 52.5. The number of halogens is 3. The molecule has 0 N–H and O–H groups in total. The minimum absolute atomic E-state index is 0.0224. The first-order valence-electron chi connectivity index (χ1n) is 10.2. The number of alkyl halides is 3.